The second-order valence-electron chi connectivity index (χ2n) is 5.56. The van der Waals surface area contributed by atoms with Gasteiger partial charge < -0.3 is 20.3 Å². The first-order valence-electron chi connectivity index (χ1n) is 8.16. The van der Waals surface area contributed by atoms with Crippen LogP contribution < -0.4 is 15.5 Å². The van der Waals surface area contributed by atoms with E-state index in [-0.39, 0.29) is 5.91 Å². The zero-order valence-electron chi connectivity index (χ0n) is 13.7. The Kier molecular flexibility index (Phi) is 6.03. The summed E-state index contributed by atoms with van der Waals surface area (Å²) in [6.07, 6.45) is 1.75. The molecule has 1 saturated heterocycles. The number of hydrogen-bond donors (Lipinski definition) is 2. The predicted molar refractivity (Wildman–Crippen MR) is 97.3 cm³/mol. The second-order valence-corrected chi connectivity index (χ2v) is 5.97. The lowest BCUT2D eigenvalue weighted by Crippen LogP contribution is -2.36. The minimum absolute atomic E-state index is 0.194. The maximum absolute atomic E-state index is 12.1. The molecule has 1 aromatic carbocycles. The van der Waals surface area contributed by atoms with Crippen LogP contribution in [0, 0.1) is 0 Å². The maximum atomic E-state index is 12.1. The van der Waals surface area contributed by atoms with Crippen molar-refractivity contribution in [3.8, 4) is 0 Å². The Hall–Kier alpha value is -2.38. The molecule has 1 aliphatic rings. The molecule has 0 saturated carbocycles. The van der Waals surface area contributed by atoms with Gasteiger partial charge in [-0.15, -0.1) is 5.10 Å². The van der Waals surface area contributed by atoms with E-state index in [9.17, 15) is 4.79 Å². The number of carbonyl (C=O) groups excluding carboxylic acids is 1. The fraction of sp³-hybridized carbons (Fsp3) is 0.353. The van der Waals surface area contributed by atoms with Crippen molar-refractivity contribution in [1.29, 1.82) is 0 Å². The molecule has 0 bridgehead atoms. The van der Waals surface area contributed by atoms with Gasteiger partial charge >= 0.3 is 0 Å². The van der Waals surface area contributed by atoms with Gasteiger partial charge in [-0.3, -0.25) is 4.79 Å². The van der Waals surface area contributed by atoms with Crippen LogP contribution in [0.1, 0.15) is 10.4 Å². The van der Waals surface area contributed by atoms with E-state index in [1.165, 1.54) is 0 Å². The van der Waals surface area contributed by atoms with Crippen LogP contribution in [0.25, 0.3) is 0 Å². The third kappa shape index (κ3) is 4.80. The van der Waals surface area contributed by atoms with E-state index in [1.807, 2.05) is 6.07 Å². The topological polar surface area (TPSA) is 79.4 Å². The van der Waals surface area contributed by atoms with E-state index < -0.39 is 0 Å². The van der Waals surface area contributed by atoms with Crippen molar-refractivity contribution in [3.63, 3.8) is 0 Å². The van der Waals surface area contributed by atoms with Crippen LogP contribution in [0.5, 0.6) is 0 Å². The molecular formula is C17H20ClN5O2. The molecule has 0 unspecified atom stereocenters. The third-order valence-electron chi connectivity index (χ3n) is 3.85. The van der Waals surface area contributed by atoms with Crippen molar-refractivity contribution in [2.45, 2.75) is 0 Å². The van der Waals surface area contributed by atoms with Crippen molar-refractivity contribution in [1.82, 2.24) is 15.5 Å². The van der Waals surface area contributed by atoms with E-state index in [4.69, 9.17) is 16.3 Å². The van der Waals surface area contributed by atoms with E-state index in [0.717, 1.165) is 32.0 Å². The molecule has 3 rings (SSSR count). The minimum atomic E-state index is -0.194. The fourth-order valence-electron chi connectivity index (χ4n) is 2.54. The molecule has 7 nitrogen and oxygen atoms in total. The molecule has 1 aromatic heterocycles. The number of anilines is 2. The van der Waals surface area contributed by atoms with Gasteiger partial charge in [-0.25, -0.2) is 0 Å². The SMILES string of the molecule is O=C(NCCNc1cc(N2CCOCC2)cnn1)c1ccccc1Cl. The lowest BCUT2D eigenvalue weighted by Gasteiger charge is -2.28. The van der Waals surface area contributed by atoms with Gasteiger partial charge in [-0.2, -0.15) is 5.10 Å². The summed E-state index contributed by atoms with van der Waals surface area (Å²) in [5, 5.41) is 14.5. The molecule has 0 atom stereocenters. The summed E-state index contributed by atoms with van der Waals surface area (Å²) in [5.74, 6) is 0.483. The Morgan fingerprint density at radius 1 is 1.24 bits per heavy atom. The lowest BCUT2D eigenvalue weighted by atomic mass is 10.2. The monoisotopic (exact) mass is 361 g/mol. The highest BCUT2D eigenvalue weighted by molar-refractivity contribution is 6.33. The number of nitrogens with zero attached hydrogens (tertiary/aromatic N) is 3. The number of nitrogens with one attached hydrogen (secondary N) is 2. The van der Waals surface area contributed by atoms with Crippen LogP contribution in [0.4, 0.5) is 11.5 Å². The number of ether oxygens (including phenoxy) is 1. The number of aromatic nitrogens is 2. The molecule has 2 heterocycles. The summed E-state index contributed by atoms with van der Waals surface area (Å²) in [5.41, 5.74) is 1.49. The maximum Gasteiger partial charge on any atom is 0.252 e. The normalized spacial score (nSPS) is 14.2. The van der Waals surface area contributed by atoms with Crippen LogP contribution in [0.3, 0.4) is 0 Å². The van der Waals surface area contributed by atoms with Crippen molar-refractivity contribution < 1.29 is 9.53 Å². The molecule has 1 aliphatic heterocycles. The lowest BCUT2D eigenvalue weighted by molar-refractivity contribution is 0.0955. The molecule has 0 radical (unpaired) electrons. The van der Waals surface area contributed by atoms with Gasteiger partial charge in [0.25, 0.3) is 5.91 Å². The Labute approximate surface area is 151 Å². The van der Waals surface area contributed by atoms with E-state index in [1.54, 1.807) is 30.5 Å². The highest BCUT2D eigenvalue weighted by Crippen LogP contribution is 2.17. The first-order chi connectivity index (χ1) is 12.2. The molecule has 0 aliphatic carbocycles. The molecule has 8 heteroatoms. The highest BCUT2D eigenvalue weighted by Gasteiger charge is 2.12. The Morgan fingerprint density at radius 2 is 2.04 bits per heavy atom. The number of benzene rings is 1. The summed E-state index contributed by atoms with van der Waals surface area (Å²) in [6, 6.07) is 8.92. The first kappa shape index (κ1) is 17.4. The van der Waals surface area contributed by atoms with Gasteiger partial charge in [0, 0.05) is 32.2 Å². The van der Waals surface area contributed by atoms with Gasteiger partial charge in [-0.1, -0.05) is 23.7 Å². The zero-order valence-corrected chi connectivity index (χ0v) is 14.5. The number of halogens is 1. The number of hydrogen-bond acceptors (Lipinski definition) is 6. The molecule has 2 N–H and O–H groups in total. The molecular weight excluding hydrogens is 342 g/mol. The van der Waals surface area contributed by atoms with Crippen LogP contribution in [-0.2, 0) is 4.74 Å². The molecule has 132 valence electrons. The fourth-order valence-corrected chi connectivity index (χ4v) is 2.77. The number of carbonyl (C=O) groups is 1. The van der Waals surface area contributed by atoms with Crippen molar-refractivity contribution in [3.05, 3.63) is 47.1 Å². The van der Waals surface area contributed by atoms with Gasteiger partial charge in [-0.05, 0) is 12.1 Å². The standard InChI is InChI=1S/C17H20ClN5O2/c18-15-4-2-1-3-14(15)17(24)20-6-5-19-16-11-13(12-21-22-16)23-7-9-25-10-8-23/h1-4,11-12H,5-10H2,(H,19,22)(H,20,24). The molecule has 25 heavy (non-hydrogen) atoms. The summed E-state index contributed by atoms with van der Waals surface area (Å²) < 4.78 is 5.36. The van der Waals surface area contributed by atoms with Gasteiger partial charge in [0.05, 0.1) is 35.7 Å². The van der Waals surface area contributed by atoms with Crippen molar-refractivity contribution in [2.24, 2.45) is 0 Å². The van der Waals surface area contributed by atoms with Gasteiger partial charge in [0.1, 0.15) is 0 Å². The minimum Gasteiger partial charge on any atom is -0.378 e. The largest absolute Gasteiger partial charge is 0.378 e. The summed E-state index contributed by atoms with van der Waals surface area (Å²) in [4.78, 5) is 14.3. The average Bonchev–Trinajstić information content (AvgIpc) is 2.66. The van der Waals surface area contributed by atoms with Crippen LogP contribution in [-0.4, -0.2) is 55.5 Å². The Bertz CT molecular complexity index is 722. The smallest absolute Gasteiger partial charge is 0.252 e. The van der Waals surface area contributed by atoms with Crippen LogP contribution in [0.15, 0.2) is 36.5 Å². The molecule has 0 spiro atoms. The van der Waals surface area contributed by atoms with Crippen LogP contribution >= 0.6 is 11.6 Å². The van der Waals surface area contributed by atoms with Crippen molar-refractivity contribution >= 4 is 29.0 Å². The molecule has 1 fully saturated rings. The first-order valence-corrected chi connectivity index (χ1v) is 8.54. The number of morpholine rings is 1. The highest BCUT2D eigenvalue weighted by atomic mass is 35.5. The average molecular weight is 362 g/mol. The van der Waals surface area contributed by atoms with Gasteiger partial charge in [0.2, 0.25) is 0 Å². The molecule has 2 aromatic rings. The Morgan fingerprint density at radius 3 is 2.84 bits per heavy atom. The number of amides is 1. The third-order valence-corrected chi connectivity index (χ3v) is 4.18. The van der Waals surface area contributed by atoms with E-state index >= 15 is 0 Å². The van der Waals surface area contributed by atoms with Crippen LogP contribution in [0.2, 0.25) is 5.02 Å². The predicted octanol–water partition coefficient (Wildman–Crippen LogP) is 1.81. The number of rotatable bonds is 6. The second kappa shape index (κ2) is 8.64. The van der Waals surface area contributed by atoms with Gasteiger partial charge in [0.15, 0.2) is 5.82 Å². The zero-order chi connectivity index (χ0) is 17.5. The summed E-state index contributed by atoms with van der Waals surface area (Å²) in [6.45, 7) is 4.13. The quantitative estimate of drug-likeness (QED) is 0.764. The molecule has 1 amide bonds. The summed E-state index contributed by atoms with van der Waals surface area (Å²) >= 11 is 6.01. The van der Waals surface area contributed by atoms with E-state index in [0.29, 0.717) is 29.5 Å². The Balaban J connectivity index is 1.47. The van der Waals surface area contributed by atoms with E-state index in [2.05, 4.69) is 25.7 Å². The van der Waals surface area contributed by atoms with Crippen molar-refractivity contribution in [2.75, 3.05) is 49.6 Å². The summed E-state index contributed by atoms with van der Waals surface area (Å²) in [7, 11) is 0.